The van der Waals surface area contributed by atoms with Gasteiger partial charge >= 0.3 is 0 Å². The number of aliphatic hydroxyl groups excluding tert-OH is 1. The van der Waals surface area contributed by atoms with Gasteiger partial charge in [-0.3, -0.25) is 14.9 Å². The minimum atomic E-state index is -0.537. The highest BCUT2D eigenvalue weighted by atomic mass is 16.6. The Labute approximate surface area is 182 Å². The summed E-state index contributed by atoms with van der Waals surface area (Å²) in [6.45, 7) is -0.182. The highest BCUT2D eigenvalue weighted by Crippen LogP contribution is 2.34. The van der Waals surface area contributed by atoms with Crippen LogP contribution in [-0.4, -0.2) is 23.0 Å². The smallest absolute Gasteiger partial charge is 0.291 e. The molecule has 0 bridgehead atoms. The lowest BCUT2D eigenvalue weighted by molar-refractivity contribution is -0.384. The van der Waals surface area contributed by atoms with E-state index in [1.807, 2.05) is 0 Å². The molecule has 2 aromatic heterocycles. The number of hydrogen-bond acceptors (Lipinski definition) is 7. The molecular formula is C23H18N2O7. The third-order valence-corrected chi connectivity index (χ3v) is 4.74. The number of benzene rings is 2. The Hall–Kier alpha value is -4.37. The number of carbonyl (C=O) groups excluding carboxylic acids is 1. The Morgan fingerprint density at radius 1 is 1.03 bits per heavy atom. The number of ether oxygens (including phenoxy) is 1. The summed E-state index contributed by atoms with van der Waals surface area (Å²) in [7, 11) is 1.42. The van der Waals surface area contributed by atoms with Gasteiger partial charge in [-0.05, 0) is 60.7 Å². The Kier molecular flexibility index (Phi) is 5.73. The number of nitrogens with one attached hydrogen (secondary N) is 1. The Morgan fingerprint density at radius 3 is 2.44 bits per heavy atom. The Bertz CT molecular complexity index is 1270. The summed E-state index contributed by atoms with van der Waals surface area (Å²) in [4.78, 5) is 23.4. The van der Waals surface area contributed by atoms with E-state index >= 15 is 0 Å². The summed E-state index contributed by atoms with van der Waals surface area (Å²) in [5.74, 6) is 1.10. The molecule has 162 valence electrons. The van der Waals surface area contributed by atoms with Gasteiger partial charge in [-0.15, -0.1) is 0 Å². The topological polar surface area (TPSA) is 128 Å². The second-order valence-corrected chi connectivity index (χ2v) is 6.76. The maximum Gasteiger partial charge on any atom is 0.291 e. The zero-order chi connectivity index (χ0) is 22.7. The number of nitro groups is 1. The molecule has 0 aliphatic rings. The zero-order valence-electron chi connectivity index (χ0n) is 16.9. The average molecular weight is 434 g/mol. The van der Waals surface area contributed by atoms with E-state index in [-0.39, 0.29) is 29.4 Å². The molecule has 2 aromatic carbocycles. The number of methoxy groups -OCH3 is 1. The predicted molar refractivity (Wildman–Crippen MR) is 115 cm³/mol. The third kappa shape index (κ3) is 4.23. The van der Waals surface area contributed by atoms with Crippen LogP contribution in [0.3, 0.4) is 0 Å². The summed E-state index contributed by atoms with van der Waals surface area (Å²) in [6.07, 6.45) is 0. The van der Waals surface area contributed by atoms with Gasteiger partial charge in [0.05, 0.1) is 23.7 Å². The first kappa shape index (κ1) is 20.9. The lowest BCUT2D eigenvalue weighted by Crippen LogP contribution is -2.10. The van der Waals surface area contributed by atoms with Crippen molar-refractivity contribution in [3.63, 3.8) is 0 Å². The Balaban J connectivity index is 1.50. The molecule has 0 unspecified atom stereocenters. The van der Waals surface area contributed by atoms with Gasteiger partial charge in [0, 0.05) is 11.3 Å². The van der Waals surface area contributed by atoms with E-state index in [4.69, 9.17) is 18.7 Å². The van der Waals surface area contributed by atoms with Gasteiger partial charge in [0.25, 0.3) is 11.6 Å². The van der Waals surface area contributed by atoms with Gasteiger partial charge in [0.2, 0.25) is 0 Å². The van der Waals surface area contributed by atoms with Crippen LogP contribution in [0.1, 0.15) is 16.3 Å². The molecule has 1 amide bonds. The molecule has 0 fully saturated rings. The van der Waals surface area contributed by atoms with E-state index in [0.717, 1.165) is 5.56 Å². The van der Waals surface area contributed by atoms with Gasteiger partial charge in [0.15, 0.2) is 5.76 Å². The maximum absolute atomic E-state index is 12.6. The van der Waals surface area contributed by atoms with Crippen LogP contribution in [0.15, 0.2) is 75.6 Å². The minimum absolute atomic E-state index is 0.00724. The predicted octanol–water partition coefficient (Wildman–Crippen LogP) is 4.87. The first-order valence-electron chi connectivity index (χ1n) is 9.52. The number of furan rings is 2. The second-order valence-electron chi connectivity index (χ2n) is 6.76. The molecule has 0 spiro atoms. The van der Waals surface area contributed by atoms with Crippen LogP contribution in [0.25, 0.3) is 22.6 Å². The summed E-state index contributed by atoms with van der Waals surface area (Å²) in [6, 6.07) is 17.7. The van der Waals surface area contributed by atoms with Crippen LogP contribution in [-0.2, 0) is 6.61 Å². The molecule has 0 saturated heterocycles. The molecule has 0 aliphatic carbocycles. The number of aliphatic hydroxyl groups is 1. The standard InChI is InChI=1S/C23H18N2O7/c1-30-16-6-8-18(19(12-16)25(28)29)21-10-11-22(32-21)23(27)24-15-4-2-14(3-5-15)20-9-7-17(13-26)31-20/h2-12,26H,13H2,1H3,(H,24,27). The summed E-state index contributed by atoms with van der Waals surface area (Å²) < 4.78 is 16.1. The van der Waals surface area contributed by atoms with Gasteiger partial charge < -0.3 is 24.0 Å². The number of anilines is 1. The first-order valence-corrected chi connectivity index (χ1v) is 9.52. The van der Waals surface area contributed by atoms with E-state index in [2.05, 4.69) is 5.32 Å². The quantitative estimate of drug-likeness (QED) is 0.314. The molecule has 0 saturated carbocycles. The van der Waals surface area contributed by atoms with Crippen molar-refractivity contribution in [1.82, 2.24) is 0 Å². The number of rotatable bonds is 7. The van der Waals surface area contributed by atoms with Gasteiger partial charge in [-0.25, -0.2) is 0 Å². The van der Waals surface area contributed by atoms with Crippen LogP contribution in [0, 0.1) is 10.1 Å². The summed E-state index contributed by atoms with van der Waals surface area (Å²) in [5, 5.41) is 23.2. The SMILES string of the molecule is COc1ccc(-c2ccc(C(=O)Nc3ccc(-c4ccc(CO)o4)cc3)o2)c([N+](=O)[O-])c1. The van der Waals surface area contributed by atoms with Gasteiger partial charge in [-0.1, -0.05) is 0 Å². The number of carbonyl (C=O) groups is 1. The molecule has 4 rings (SSSR count). The van der Waals surface area contributed by atoms with Crippen molar-refractivity contribution in [1.29, 1.82) is 0 Å². The summed E-state index contributed by atoms with van der Waals surface area (Å²) in [5.41, 5.74) is 1.36. The molecule has 0 atom stereocenters. The fourth-order valence-corrected chi connectivity index (χ4v) is 3.13. The molecule has 9 heteroatoms. The van der Waals surface area contributed by atoms with Crippen LogP contribution in [0.4, 0.5) is 11.4 Å². The molecule has 4 aromatic rings. The molecule has 0 aliphatic heterocycles. The fourth-order valence-electron chi connectivity index (χ4n) is 3.13. The van der Waals surface area contributed by atoms with E-state index < -0.39 is 10.8 Å². The van der Waals surface area contributed by atoms with Crippen LogP contribution < -0.4 is 10.1 Å². The van der Waals surface area contributed by atoms with E-state index in [1.54, 1.807) is 42.5 Å². The van der Waals surface area contributed by atoms with E-state index in [0.29, 0.717) is 23.0 Å². The number of nitro benzene ring substituents is 1. The monoisotopic (exact) mass is 434 g/mol. The lowest BCUT2D eigenvalue weighted by atomic mass is 10.1. The molecule has 2 heterocycles. The first-order chi connectivity index (χ1) is 15.5. The van der Waals surface area contributed by atoms with Crippen molar-refractivity contribution < 1.29 is 28.4 Å². The van der Waals surface area contributed by atoms with E-state index in [1.165, 1.54) is 31.4 Å². The largest absolute Gasteiger partial charge is 0.497 e. The molecular weight excluding hydrogens is 416 g/mol. The minimum Gasteiger partial charge on any atom is -0.497 e. The highest BCUT2D eigenvalue weighted by Gasteiger charge is 2.21. The highest BCUT2D eigenvalue weighted by molar-refractivity contribution is 6.02. The maximum atomic E-state index is 12.6. The normalized spacial score (nSPS) is 10.7. The molecule has 2 N–H and O–H groups in total. The van der Waals surface area contributed by atoms with Crippen molar-refractivity contribution in [3.05, 3.63) is 88.4 Å². The van der Waals surface area contributed by atoms with Gasteiger partial charge in [0.1, 0.15) is 29.6 Å². The van der Waals surface area contributed by atoms with E-state index in [9.17, 15) is 14.9 Å². The van der Waals surface area contributed by atoms with Crippen molar-refractivity contribution in [2.45, 2.75) is 6.61 Å². The van der Waals surface area contributed by atoms with Crippen molar-refractivity contribution >= 4 is 17.3 Å². The fraction of sp³-hybridized carbons (Fsp3) is 0.0870. The van der Waals surface area contributed by atoms with Crippen molar-refractivity contribution in [3.8, 4) is 28.4 Å². The molecule has 9 nitrogen and oxygen atoms in total. The molecule has 32 heavy (non-hydrogen) atoms. The second kappa shape index (κ2) is 8.78. The zero-order valence-corrected chi connectivity index (χ0v) is 16.9. The van der Waals surface area contributed by atoms with Crippen molar-refractivity contribution in [2.24, 2.45) is 0 Å². The van der Waals surface area contributed by atoms with Crippen LogP contribution in [0.2, 0.25) is 0 Å². The summed E-state index contributed by atoms with van der Waals surface area (Å²) >= 11 is 0. The number of hydrogen-bond donors (Lipinski definition) is 2. The van der Waals surface area contributed by atoms with Gasteiger partial charge in [-0.2, -0.15) is 0 Å². The Morgan fingerprint density at radius 2 is 1.78 bits per heavy atom. The van der Waals surface area contributed by atoms with Crippen molar-refractivity contribution in [2.75, 3.05) is 12.4 Å². The van der Waals surface area contributed by atoms with Crippen LogP contribution in [0.5, 0.6) is 5.75 Å². The lowest BCUT2D eigenvalue weighted by Gasteiger charge is -2.05. The number of amides is 1. The third-order valence-electron chi connectivity index (χ3n) is 4.74. The van der Waals surface area contributed by atoms with Crippen LogP contribution >= 0.6 is 0 Å². The number of nitrogens with zero attached hydrogens (tertiary/aromatic N) is 1. The average Bonchev–Trinajstić information content (AvgIpc) is 3.49. The molecule has 0 radical (unpaired) electrons.